The molecule has 1 aliphatic rings. The van der Waals surface area contributed by atoms with E-state index in [-0.39, 0.29) is 0 Å². The first-order valence-corrected chi connectivity index (χ1v) is 5.55. The molecule has 4 heteroatoms. The van der Waals surface area contributed by atoms with Crippen LogP contribution in [0.5, 0.6) is 0 Å². The number of halogens is 1. The number of rotatable bonds is 3. The molecule has 1 aliphatic carbocycles. The fourth-order valence-electron chi connectivity index (χ4n) is 2.00. The van der Waals surface area contributed by atoms with Gasteiger partial charge in [-0.05, 0) is 12.8 Å². The van der Waals surface area contributed by atoms with Crippen LogP contribution in [-0.4, -0.2) is 15.8 Å². The topological polar surface area (TPSA) is 29.9 Å². The maximum Gasteiger partial charge on any atom is 0.0948 e. The molecule has 1 fully saturated rings. The SMILES string of the molecule is Cn1cc(Cl)c(CNC2CCCC2)n1. The van der Waals surface area contributed by atoms with E-state index in [2.05, 4.69) is 10.4 Å². The third-order valence-corrected chi connectivity index (χ3v) is 3.08. The van der Waals surface area contributed by atoms with Crippen LogP contribution in [0, 0.1) is 0 Å². The van der Waals surface area contributed by atoms with Gasteiger partial charge in [0.05, 0.1) is 10.7 Å². The Morgan fingerprint density at radius 2 is 2.29 bits per heavy atom. The molecule has 78 valence electrons. The van der Waals surface area contributed by atoms with E-state index in [1.165, 1.54) is 25.7 Å². The van der Waals surface area contributed by atoms with Gasteiger partial charge >= 0.3 is 0 Å². The number of aromatic nitrogens is 2. The first-order chi connectivity index (χ1) is 6.75. The Morgan fingerprint density at radius 3 is 2.86 bits per heavy atom. The smallest absolute Gasteiger partial charge is 0.0948 e. The van der Waals surface area contributed by atoms with Gasteiger partial charge in [-0.1, -0.05) is 24.4 Å². The van der Waals surface area contributed by atoms with Crippen LogP contribution in [0.25, 0.3) is 0 Å². The lowest BCUT2D eigenvalue weighted by Gasteiger charge is -2.09. The highest BCUT2D eigenvalue weighted by Crippen LogP contribution is 2.19. The van der Waals surface area contributed by atoms with Crippen molar-refractivity contribution in [3.8, 4) is 0 Å². The van der Waals surface area contributed by atoms with Crippen molar-refractivity contribution in [2.45, 2.75) is 38.3 Å². The minimum atomic E-state index is 0.674. The molecule has 1 aromatic rings. The summed E-state index contributed by atoms with van der Waals surface area (Å²) in [5.41, 5.74) is 0.959. The zero-order valence-corrected chi connectivity index (χ0v) is 9.22. The molecular weight excluding hydrogens is 198 g/mol. The van der Waals surface area contributed by atoms with Gasteiger partial charge in [0, 0.05) is 25.8 Å². The van der Waals surface area contributed by atoms with Crippen molar-refractivity contribution >= 4 is 11.6 Å². The predicted molar refractivity (Wildman–Crippen MR) is 57.3 cm³/mol. The molecule has 14 heavy (non-hydrogen) atoms. The molecule has 3 nitrogen and oxygen atoms in total. The Hall–Kier alpha value is -0.540. The average Bonchev–Trinajstić information content (AvgIpc) is 2.72. The second-order valence-corrected chi connectivity index (χ2v) is 4.37. The molecule has 0 atom stereocenters. The Morgan fingerprint density at radius 1 is 1.57 bits per heavy atom. The summed E-state index contributed by atoms with van der Waals surface area (Å²) in [5.74, 6) is 0. The summed E-state index contributed by atoms with van der Waals surface area (Å²) in [6.07, 6.45) is 7.14. The first kappa shape index (κ1) is 9.99. The average molecular weight is 214 g/mol. The van der Waals surface area contributed by atoms with Crippen molar-refractivity contribution in [2.24, 2.45) is 7.05 Å². The van der Waals surface area contributed by atoms with Gasteiger partial charge in [-0.2, -0.15) is 5.10 Å². The molecule has 0 radical (unpaired) electrons. The number of hydrogen-bond donors (Lipinski definition) is 1. The Kier molecular flexibility index (Phi) is 3.08. The van der Waals surface area contributed by atoms with Crippen LogP contribution in [0.1, 0.15) is 31.4 Å². The van der Waals surface area contributed by atoms with Crippen LogP contribution < -0.4 is 5.32 Å². The van der Waals surface area contributed by atoms with Crippen LogP contribution in [0.4, 0.5) is 0 Å². The van der Waals surface area contributed by atoms with Crippen molar-refractivity contribution in [2.75, 3.05) is 0 Å². The molecule has 1 N–H and O–H groups in total. The quantitative estimate of drug-likeness (QED) is 0.834. The van der Waals surface area contributed by atoms with Crippen molar-refractivity contribution in [3.05, 3.63) is 16.9 Å². The normalized spacial score (nSPS) is 17.9. The number of aryl methyl sites for hydroxylation is 1. The van der Waals surface area contributed by atoms with Crippen molar-refractivity contribution in [1.82, 2.24) is 15.1 Å². The van der Waals surface area contributed by atoms with Crippen molar-refractivity contribution in [1.29, 1.82) is 0 Å². The molecule has 0 saturated heterocycles. The lowest BCUT2D eigenvalue weighted by atomic mass is 10.2. The lowest BCUT2D eigenvalue weighted by molar-refractivity contribution is 0.516. The summed E-state index contributed by atoms with van der Waals surface area (Å²) in [4.78, 5) is 0. The van der Waals surface area contributed by atoms with E-state index in [1.54, 1.807) is 4.68 Å². The van der Waals surface area contributed by atoms with Crippen LogP contribution >= 0.6 is 11.6 Å². The second kappa shape index (κ2) is 4.32. The van der Waals surface area contributed by atoms with Gasteiger partial charge in [0.25, 0.3) is 0 Å². The van der Waals surface area contributed by atoms with Crippen LogP contribution in [0.2, 0.25) is 5.02 Å². The number of nitrogens with one attached hydrogen (secondary N) is 1. The molecule has 0 aliphatic heterocycles. The molecule has 1 heterocycles. The fourth-order valence-corrected chi connectivity index (χ4v) is 2.24. The van der Waals surface area contributed by atoms with Crippen LogP contribution in [-0.2, 0) is 13.6 Å². The Bertz CT molecular complexity index is 302. The highest BCUT2D eigenvalue weighted by atomic mass is 35.5. The summed E-state index contributed by atoms with van der Waals surface area (Å²) in [6.45, 7) is 0.796. The van der Waals surface area contributed by atoms with E-state index < -0.39 is 0 Å². The fraction of sp³-hybridized carbons (Fsp3) is 0.700. The van der Waals surface area contributed by atoms with Gasteiger partial charge in [0.1, 0.15) is 0 Å². The Balaban J connectivity index is 1.87. The predicted octanol–water partition coefficient (Wildman–Crippen LogP) is 2.11. The second-order valence-electron chi connectivity index (χ2n) is 3.96. The molecule has 0 bridgehead atoms. The van der Waals surface area contributed by atoms with Gasteiger partial charge in [0.15, 0.2) is 0 Å². The monoisotopic (exact) mass is 213 g/mol. The van der Waals surface area contributed by atoms with E-state index in [9.17, 15) is 0 Å². The number of nitrogens with zero attached hydrogens (tertiary/aromatic N) is 2. The Labute approximate surface area is 89.4 Å². The van der Waals surface area contributed by atoms with E-state index in [0.29, 0.717) is 6.04 Å². The minimum absolute atomic E-state index is 0.674. The summed E-state index contributed by atoms with van der Waals surface area (Å²) < 4.78 is 1.76. The zero-order valence-electron chi connectivity index (χ0n) is 8.46. The molecular formula is C10H16ClN3. The van der Waals surface area contributed by atoms with Gasteiger partial charge < -0.3 is 5.32 Å². The van der Waals surface area contributed by atoms with Crippen molar-refractivity contribution in [3.63, 3.8) is 0 Å². The van der Waals surface area contributed by atoms with Gasteiger partial charge in [0.2, 0.25) is 0 Å². The van der Waals surface area contributed by atoms with E-state index in [4.69, 9.17) is 11.6 Å². The van der Waals surface area contributed by atoms with Gasteiger partial charge in [-0.3, -0.25) is 4.68 Å². The molecule has 0 aromatic carbocycles. The third-order valence-electron chi connectivity index (χ3n) is 2.77. The zero-order chi connectivity index (χ0) is 9.97. The highest BCUT2D eigenvalue weighted by molar-refractivity contribution is 6.31. The summed E-state index contributed by atoms with van der Waals surface area (Å²) in [7, 11) is 1.89. The third kappa shape index (κ3) is 2.28. The maximum atomic E-state index is 6.01. The van der Waals surface area contributed by atoms with Crippen LogP contribution in [0.3, 0.4) is 0 Å². The first-order valence-electron chi connectivity index (χ1n) is 5.17. The van der Waals surface area contributed by atoms with Crippen molar-refractivity contribution < 1.29 is 0 Å². The standard InChI is InChI=1S/C10H16ClN3/c1-14-7-9(11)10(13-14)6-12-8-4-2-3-5-8/h7-8,12H,2-6H2,1H3. The molecule has 0 unspecified atom stereocenters. The summed E-state index contributed by atoms with van der Waals surface area (Å²) in [5, 5.41) is 8.55. The molecule has 2 rings (SSSR count). The van der Waals surface area contributed by atoms with E-state index in [1.807, 2.05) is 13.2 Å². The molecule has 0 spiro atoms. The van der Waals surface area contributed by atoms with E-state index >= 15 is 0 Å². The van der Waals surface area contributed by atoms with E-state index in [0.717, 1.165) is 17.3 Å². The number of hydrogen-bond acceptors (Lipinski definition) is 2. The summed E-state index contributed by atoms with van der Waals surface area (Å²) in [6, 6.07) is 0.674. The molecule has 1 aromatic heterocycles. The minimum Gasteiger partial charge on any atom is -0.308 e. The van der Waals surface area contributed by atoms with Gasteiger partial charge in [-0.25, -0.2) is 0 Å². The van der Waals surface area contributed by atoms with Gasteiger partial charge in [-0.15, -0.1) is 0 Å². The summed E-state index contributed by atoms with van der Waals surface area (Å²) >= 11 is 6.01. The van der Waals surface area contributed by atoms with Crippen LogP contribution in [0.15, 0.2) is 6.20 Å². The largest absolute Gasteiger partial charge is 0.308 e. The molecule has 0 amide bonds. The maximum absolute atomic E-state index is 6.01. The highest BCUT2D eigenvalue weighted by Gasteiger charge is 2.15. The molecule has 1 saturated carbocycles. The lowest BCUT2D eigenvalue weighted by Crippen LogP contribution is -2.25.